The Morgan fingerprint density at radius 2 is 1.62 bits per heavy atom. The second-order valence-corrected chi connectivity index (χ2v) is 2.74. The predicted octanol–water partition coefficient (Wildman–Crippen LogP) is -0.964. The molecule has 3 heteroatoms. The molecule has 0 fully saturated rings. The summed E-state index contributed by atoms with van der Waals surface area (Å²) in [6.45, 7) is 1.11. The summed E-state index contributed by atoms with van der Waals surface area (Å²) in [6, 6.07) is 0. The Bertz CT molecular complexity index is 50.9. The van der Waals surface area contributed by atoms with Crippen LogP contribution in [0.4, 0.5) is 0 Å². The second-order valence-electron chi connectivity index (χ2n) is 2.74. The van der Waals surface area contributed by atoms with Crippen LogP contribution >= 0.6 is 0 Å². The van der Waals surface area contributed by atoms with Gasteiger partial charge in [-0.1, -0.05) is 0 Å². The maximum absolute atomic E-state index is 8.39. The standard InChI is InChI=1S/C5H14NO.K.H/c1-6(2,3)4-5-7;;/h7H,4-5H2,1-3H3;;/q+1;;. The van der Waals surface area contributed by atoms with Crippen molar-refractivity contribution in [3.05, 3.63) is 0 Å². The number of likely N-dealkylation sites (N-methyl/N-ethyl adjacent to an activating group) is 1. The molecule has 2 nitrogen and oxygen atoms in total. The molecule has 0 heterocycles. The predicted molar refractivity (Wildman–Crippen MR) is 37.1 cm³/mol. The van der Waals surface area contributed by atoms with Gasteiger partial charge in [-0.25, -0.2) is 0 Å². The Morgan fingerprint density at radius 1 is 1.25 bits per heavy atom. The van der Waals surface area contributed by atoms with Gasteiger partial charge in [-0.2, -0.15) is 0 Å². The van der Waals surface area contributed by atoms with Gasteiger partial charge in [0.15, 0.2) is 0 Å². The first-order chi connectivity index (χ1) is 3.06. The van der Waals surface area contributed by atoms with E-state index in [0.29, 0.717) is 0 Å². The number of rotatable bonds is 2. The van der Waals surface area contributed by atoms with Gasteiger partial charge >= 0.3 is 51.4 Å². The van der Waals surface area contributed by atoms with Crippen LogP contribution in [0.1, 0.15) is 0 Å². The van der Waals surface area contributed by atoms with Gasteiger partial charge in [0.05, 0.1) is 27.7 Å². The van der Waals surface area contributed by atoms with Crippen LogP contribution in [0.15, 0.2) is 0 Å². The molecular formula is C5H15KNO+. The minimum absolute atomic E-state index is 0. The first-order valence-corrected chi connectivity index (χ1v) is 2.47. The molecule has 0 amide bonds. The normalized spacial score (nSPS) is 10.5. The van der Waals surface area contributed by atoms with Gasteiger partial charge in [-0.15, -0.1) is 0 Å². The van der Waals surface area contributed by atoms with Crippen molar-refractivity contribution >= 4 is 51.4 Å². The number of hydrogen-bond acceptors (Lipinski definition) is 1. The van der Waals surface area contributed by atoms with E-state index in [1.165, 1.54) is 0 Å². The van der Waals surface area contributed by atoms with Gasteiger partial charge in [0.2, 0.25) is 0 Å². The van der Waals surface area contributed by atoms with E-state index < -0.39 is 0 Å². The summed E-state index contributed by atoms with van der Waals surface area (Å²) in [5.41, 5.74) is 0. The summed E-state index contributed by atoms with van der Waals surface area (Å²) in [6.07, 6.45) is 0. The summed E-state index contributed by atoms with van der Waals surface area (Å²) in [5, 5.41) is 8.39. The monoisotopic (exact) mass is 144 g/mol. The van der Waals surface area contributed by atoms with Crippen LogP contribution in [-0.4, -0.2) is 95.3 Å². The SMILES string of the molecule is C[N+](C)(C)CCO.[KH]. The Morgan fingerprint density at radius 3 is 1.62 bits per heavy atom. The van der Waals surface area contributed by atoms with Crippen molar-refractivity contribution in [3.8, 4) is 0 Å². The van der Waals surface area contributed by atoms with Gasteiger partial charge in [-0.05, 0) is 0 Å². The molecule has 0 saturated carbocycles. The van der Waals surface area contributed by atoms with Crippen molar-refractivity contribution in [2.24, 2.45) is 0 Å². The molecule has 0 aromatic heterocycles. The number of hydrogen-bond donors (Lipinski definition) is 1. The Hall–Kier alpha value is 1.56. The molecule has 0 aliphatic heterocycles. The second kappa shape index (κ2) is 5.35. The van der Waals surface area contributed by atoms with Gasteiger partial charge in [0.25, 0.3) is 0 Å². The van der Waals surface area contributed by atoms with E-state index in [4.69, 9.17) is 5.11 Å². The number of aliphatic hydroxyl groups excluding tert-OH is 1. The van der Waals surface area contributed by atoms with E-state index >= 15 is 0 Å². The molecule has 1 N–H and O–H groups in total. The van der Waals surface area contributed by atoms with Crippen LogP contribution < -0.4 is 0 Å². The summed E-state index contributed by atoms with van der Waals surface area (Å²) in [5.74, 6) is 0. The summed E-state index contributed by atoms with van der Waals surface area (Å²) >= 11 is 0. The van der Waals surface area contributed by atoms with Crippen molar-refractivity contribution in [2.45, 2.75) is 0 Å². The maximum atomic E-state index is 8.39. The molecule has 0 aliphatic rings. The van der Waals surface area contributed by atoms with E-state index in [-0.39, 0.29) is 58.0 Å². The molecule has 0 atom stereocenters. The molecule has 0 spiro atoms. The number of nitrogens with zero attached hydrogens (tertiary/aromatic N) is 1. The minimum atomic E-state index is 0. The summed E-state index contributed by atoms with van der Waals surface area (Å²) in [7, 11) is 6.16. The van der Waals surface area contributed by atoms with Crippen molar-refractivity contribution in [2.75, 3.05) is 34.3 Å². The molecule has 46 valence electrons. The fraction of sp³-hybridized carbons (Fsp3) is 1.00. The molecule has 0 aromatic rings. The number of quaternary nitrogens is 1. The quantitative estimate of drug-likeness (QED) is 0.391. The van der Waals surface area contributed by atoms with E-state index in [1.54, 1.807) is 0 Å². The van der Waals surface area contributed by atoms with Gasteiger partial charge in [-0.3, -0.25) is 0 Å². The van der Waals surface area contributed by atoms with Crippen LogP contribution in [0, 0.1) is 0 Å². The third-order valence-electron chi connectivity index (χ3n) is 0.771. The molecule has 8 heavy (non-hydrogen) atoms. The van der Waals surface area contributed by atoms with E-state index in [9.17, 15) is 0 Å². The summed E-state index contributed by atoms with van der Waals surface area (Å²) in [4.78, 5) is 0. The van der Waals surface area contributed by atoms with Crippen molar-refractivity contribution in [1.82, 2.24) is 0 Å². The van der Waals surface area contributed by atoms with Crippen LogP contribution in [0.3, 0.4) is 0 Å². The van der Waals surface area contributed by atoms with Crippen LogP contribution in [0.2, 0.25) is 0 Å². The molecule has 0 saturated heterocycles. The molecular weight excluding hydrogens is 129 g/mol. The topological polar surface area (TPSA) is 20.2 Å². The average Bonchev–Trinajstić information content (AvgIpc) is 1.30. The third-order valence-corrected chi connectivity index (χ3v) is 0.771. The zero-order valence-electron chi connectivity index (χ0n) is 5.31. The zero-order chi connectivity index (χ0) is 5.91. The molecule has 0 rings (SSSR count). The Balaban J connectivity index is 0. The van der Waals surface area contributed by atoms with Gasteiger partial charge in [0, 0.05) is 0 Å². The third kappa shape index (κ3) is 10.5. The van der Waals surface area contributed by atoms with E-state index in [2.05, 4.69) is 21.1 Å². The average molecular weight is 144 g/mol. The first-order valence-electron chi connectivity index (χ1n) is 2.47. The van der Waals surface area contributed by atoms with E-state index in [0.717, 1.165) is 11.0 Å². The van der Waals surface area contributed by atoms with E-state index in [1.807, 2.05) is 0 Å². The van der Waals surface area contributed by atoms with Crippen molar-refractivity contribution in [3.63, 3.8) is 0 Å². The van der Waals surface area contributed by atoms with Crippen LogP contribution in [0.25, 0.3) is 0 Å². The molecule has 0 unspecified atom stereocenters. The Kier molecular flexibility index (Phi) is 8.19. The van der Waals surface area contributed by atoms with Crippen molar-refractivity contribution < 1.29 is 9.59 Å². The fourth-order valence-electron chi connectivity index (χ4n) is 0.300. The van der Waals surface area contributed by atoms with Gasteiger partial charge in [0.1, 0.15) is 6.54 Å². The van der Waals surface area contributed by atoms with Crippen LogP contribution in [0.5, 0.6) is 0 Å². The molecule has 0 radical (unpaired) electrons. The summed E-state index contributed by atoms with van der Waals surface area (Å²) < 4.78 is 0.844. The fourth-order valence-corrected chi connectivity index (χ4v) is 0.300. The van der Waals surface area contributed by atoms with Crippen molar-refractivity contribution in [1.29, 1.82) is 0 Å². The Labute approximate surface area is 93.9 Å². The zero-order valence-corrected chi connectivity index (χ0v) is 5.31. The molecule has 0 aliphatic carbocycles. The van der Waals surface area contributed by atoms with Crippen LogP contribution in [-0.2, 0) is 0 Å². The van der Waals surface area contributed by atoms with Gasteiger partial charge < -0.3 is 9.59 Å². The molecule has 0 aromatic carbocycles. The number of aliphatic hydroxyl groups is 1. The molecule has 0 bridgehead atoms. The first kappa shape index (κ1) is 12.3.